The summed E-state index contributed by atoms with van der Waals surface area (Å²) in [4.78, 5) is 33.1. The number of anilines is 1. The van der Waals surface area contributed by atoms with E-state index in [9.17, 15) is 9.59 Å². The summed E-state index contributed by atoms with van der Waals surface area (Å²) in [5.74, 6) is -0.379. The average molecular weight is 492 g/mol. The van der Waals surface area contributed by atoms with Crippen molar-refractivity contribution in [3.8, 4) is 17.1 Å². The predicted octanol–water partition coefficient (Wildman–Crippen LogP) is 5.99. The minimum atomic E-state index is -1.45. The van der Waals surface area contributed by atoms with Crippen molar-refractivity contribution in [1.29, 1.82) is 0 Å². The Morgan fingerprint density at radius 2 is 1.75 bits per heavy atom. The van der Waals surface area contributed by atoms with Crippen LogP contribution in [0, 0.1) is 13.8 Å². The van der Waals surface area contributed by atoms with Crippen molar-refractivity contribution in [3.63, 3.8) is 0 Å². The second kappa shape index (κ2) is 8.76. The van der Waals surface area contributed by atoms with Crippen molar-refractivity contribution in [1.82, 2.24) is 9.97 Å². The van der Waals surface area contributed by atoms with E-state index in [4.69, 9.17) is 10.1 Å². The van der Waals surface area contributed by atoms with Crippen LogP contribution in [0.5, 0.6) is 5.88 Å². The fourth-order valence-corrected chi connectivity index (χ4v) is 3.86. The van der Waals surface area contributed by atoms with Gasteiger partial charge in [0.25, 0.3) is 5.91 Å². The highest BCUT2D eigenvalue weighted by molar-refractivity contribution is 9.10. The van der Waals surface area contributed by atoms with Gasteiger partial charge < -0.3 is 15.2 Å². The van der Waals surface area contributed by atoms with Gasteiger partial charge in [0.2, 0.25) is 5.88 Å². The van der Waals surface area contributed by atoms with Gasteiger partial charge >= 0.3 is 6.16 Å². The van der Waals surface area contributed by atoms with Crippen molar-refractivity contribution in [2.75, 3.05) is 5.32 Å². The third kappa shape index (κ3) is 4.31. The first-order valence-electron chi connectivity index (χ1n) is 9.68. The van der Waals surface area contributed by atoms with Gasteiger partial charge in [-0.15, -0.1) is 0 Å². The second-order valence-corrected chi connectivity index (χ2v) is 8.01. The second-order valence-electron chi connectivity index (χ2n) is 7.09. The van der Waals surface area contributed by atoms with E-state index in [1.807, 2.05) is 55.5 Å². The van der Waals surface area contributed by atoms with Crippen LogP contribution < -0.4 is 10.1 Å². The first-order chi connectivity index (χ1) is 15.3. The molecule has 7 nitrogen and oxygen atoms in total. The fourth-order valence-electron chi connectivity index (χ4n) is 3.50. The van der Waals surface area contributed by atoms with E-state index in [0.29, 0.717) is 27.8 Å². The van der Waals surface area contributed by atoms with Gasteiger partial charge in [-0.2, -0.15) is 0 Å². The topological polar surface area (TPSA) is 101 Å². The van der Waals surface area contributed by atoms with Crippen molar-refractivity contribution in [2.24, 2.45) is 0 Å². The molecule has 0 radical (unpaired) electrons. The van der Waals surface area contributed by atoms with Crippen molar-refractivity contribution >= 4 is 44.6 Å². The molecule has 1 amide bonds. The number of hydrogen-bond donors (Lipinski definition) is 2. The van der Waals surface area contributed by atoms with E-state index in [2.05, 4.69) is 31.0 Å². The molecule has 8 heteroatoms. The van der Waals surface area contributed by atoms with Gasteiger partial charge in [0.15, 0.2) is 0 Å². The van der Waals surface area contributed by atoms with Crippen molar-refractivity contribution < 1.29 is 19.4 Å². The molecule has 0 atom stereocenters. The highest BCUT2D eigenvalue weighted by Gasteiger charge is 2.20. The van der Waals surface area contributed by atoms with Crippen LogP contribution >= 0.6 is 15.9 Å². The number of hydrogen-bond acceptors (Lipinski definition) is 5. The summed E-state index contributed by atoms with van der Waals surface area (Å²) in [7, 11) is 0. The smallest absolute Gasteiger partial charge is 0.449 e. The SMILES string of the molecule is Cc1nc(OC(=O)O)ccc1NC(=O)c1c(C)c(-c2ccccc2)nc2ccc(Br)cc12. The van der Waals surface area contributed by atoms with Crippen LogP contribution in [0.4, 0.5) is 10.5 Å². The number of amides is 1. The Balaban J connectivity index is 1.81. The first kappa shape index (κ1) is 21.5. The zero-order valence-corrected chi connectivity index (χ0v) is 18.8. The van der Waals surface area contributed by atoms with Crippen LogP contribution in [0.3, 0.4) is 0 Å². The molecule has 0 bridgehead atoms. The van der Waals surface area contributed by atoms with E-state index in [0.717, 1.165) is 21.3 Å². The Morgan fingerprint density at radius 1 is 1.00 bits per heavy atom. The molecule has 0 aliphatic heterocycles. The number of nitrogens with one attached hydrogen (secondary N) is 1. The molecule has 160 valence electrons. The maximum Gasteiger partial charge on any atom is 0.512 e. The first-order valence-corrected chi connectivity index (χ1v) is 10.5. The normalized spacial score (nSPS) is 10.7. The van der Waals surface area contributed by atoms with E-state index in [1.165, 1.54) is 6.07 Å². The minimum Gasteiger partial charge on any atom is -0.449 e. The molecular formula is C24H18BrN3O4. The monoisotopic (exact) mass is 491 g/mol. The number of carbonyl (C=O) groups is 2. The molecule has 0 aliphatic rings. The maximum atomic E-state index is 13.5. The highest BCUT2D eigenvalue weighted by Crippen LogP contribution is 2.32. The summed E-state index contributed by atoms with van der Waals surface area (Å²) in [6.45, 7) is 3.54. The molecule has 32 heavy (non-hydrogen) atoms. The third-order valence-corrected chi connectivity index (χ3v) is 5.46. The van der Waals surface area contributed by atoms with Crippen LogP contribution in [0.15, 0.2) is 65.1 Å². The number of aryl methyl sites for hydroxylation is 1. The largest absolute Gasteiger partial charge is 0.512 e. The van der Waals surface area contributed by atoms with Crippen LogP contribution in [-0.4, -0.2) is 27.1 Å². The van der Waals surface area contributed by atoms with Gasteiger partial charge in [-0.25, -0.2) is 14.8 Å². The Bertz CT molecular complexity index is 1360. The Hall–Kier alpha value is -3.78. The van der Waals surface area contributed by atoms with Crippen molar-refractivity contribution in [3.05, 3.63) is 82.0 Å². The number of rotatable bonds is 4. The molecule has 0 fully saturated rings. The Labute approximate surface area is 192 Å². The van der Waals surface area contributed by atoms with Crippen molar-refractivity contribution in [2.45, 2.75) is 13.8 Å². The number of benzene rings is 2. The van der Waals surface area contributed by atoms with Gasteiger partial charge in [0.1, 0.15) is 0 Å². The van der Waals surface area contributed by atoms with Crippen LogP contribution in [0.2, 0.25) is 0 Å². The van der Waals surface area contributed by atoms with Gasteiger partial charge in [-0.3, -0.25) is 4.79 Å². The number of nitrogens with zero attached hydrogens (tertiary/aromatic N) is 2. The fraction of sp³-hybridized carbons (Fsp3) is 0.0833. The number of ether oxygens (including phenoxy) is 1. The molecule has 0 saturated carbocycles. The predicted molar refractivity (Wildman–Crippen MR) is 125 cm³/mol. The average Bonchev–Trinajstić information content (AvgIpc) is 2.75. The lowest BCUT2D eigenvalue weighted by Crippen LogP contribution is -2.16. The van der Waals surface area contributed by atoms with Gasteiger partial charge in [0.05, 0.1) is 28.2 Å². The molecule has 2 heterocycles. The molecule has 4 rings (SSSR count). The molecule has 4 aromatic rings. The van der Waals surface area contributed by atoms with E-state index < -0.39 is 6.16 Å². The molecule has 2 N–H and O–H groups in total. The van der Waals surface area contributed by atoms with Crippen LogP contribution in [0.1, 0.15) is 21.6 Å². The number of carboxylic acid groups (broad SMARTS) is 1. The summed E-state index contributed by atoms with van der Waals surface area (Å²) in [5, 5.41) is 12.4. The maximum absolute atomic E-state index is 13.5. The van der Waals surface area contributed by atoms with E-state index >= 15 is 0 Å². The number of pyridine rings is 2. The summed E-state index contributed by atoms with van der Waals surface area (Å²) in [5.41, 5.74) is 4.47. The molecule has 0 unspecified atom stereocenters. The minimum absolute atomic E-state index is 0.0613. The lowest BCUT2D eigenvalue weighted by Gasteiger charge is -2.16. The third-order valence-electron chi connectivity index (χ3n) is 4.97. The highest BCUT2D eigenvalue weighted by atomic mass is 79.9. The van der Waals surface area contributed by atoms with Gasteiger partial charge in [-0.05, 0) is 43.7 Å². The quantitative estimate of drug-likeness (QED) is 0.340. The summed E-state index contributed by atoms with van der Waals surface area (Å²) >= 11 is 3.48. The van der Waals surface area contributed by atoms with Crippen LogP contribution in [-0.2, 0) is 0 Å². The summed E-state index contributed by atoms with van der Waals surface area (Å²) in [6.07, 6.45) is -1.45. The van der Waals surface area contributed by atoms with Gasteiger partial charge in [0, 0.05) is 21.5 Å². The number of halogens is 1. The summed E-state index contributed by atoms with van der Waals surface area (Å²) < 4.78 is 5.41. The molecule has 0 saturated heterocycles. The zero-order chi connectivity index (χ0) is 22.8. The molecule has 0 aliphatic carbocycles. The number of fused-ring (bicyclic) bond motifs is 1. The summed E-state index contributed by atoms with van der Waals surface area (Å²) in [6, 6.07) is 18.3. The molecule has 0 spiro atoms. The Kier molecular flexibility index (Phi) is 5.87. The number of aromatic nitrogens is 2. The molecule has 2 aromatic carbocycles. The lowest BCUT2D eigenvalue weighted by molar-refractivity contribution is 0.102. The molecule has 2 aromatic heterocycles. The standard InChI is InChI=1S/C24H18BrN3O4/c1-13-21(23(29)28-18-10-11-20(26-14(18)2)32-24(30)31)17-12-16(25)8-9-19(17)27-22(13)15-6-4-3-5-7-15/h3-12H,1-2H3,(H,28,29)(H,30,31). The zero-order valence-electron chi connectivity index (χ0n) is 17.2. The van der Waals surface area contributed by atoms with E-state index in [-0.39, 0.29) is 11.8 Å². The lowest BCUT2D eigenvalue weighted by atomic mass is 9.97. The van der Waals surface area contributed by atoms with E-state index in [1.54, 1.807) is 13.0 Å². The van der Waals surface area contributed by atoms with Gasteiger partial charge in [-0.1, -0.05) is 46.3 Å². The number of carbonyl (C=O) groups excluding carboxylic acids is 1. The Morgan fingerprint density at radius 3 is 2.44 bits per heavy atom. The van der Waals surface area contributed by atoms with Crippen LogP contribution in [0.25, 0.3) is 22.2 Å². The molecular weight excluding hydrogens is 474 g/mol.